The summed E-state index contributed by atoms with van der Waals surface area (Å²) in [4.78, 5) is 16.6. The van der Waals surface area contributed by atoms with Gasteiger partial charge in [0.05, 0.1) is 21.3 Å². The summed E-state index contributed by atoms with van der Waals surface area (Å²) in [5, 5.41) is 3.96. The third-order valence-corrected chi connectivity index (χ3v) is 4.89. The minimum atomic E-state index is -0.447. The van der Waals surface area contributed by atoms with E-state index in [1.165, 1.54) is 10.3 Å². The van der Waals surface area contributed by atoms with Gasteiger partial charge in [0.1, 0.15) is 0 Å². The molecule has 0 saturated carbocycles. The van der Waals surface area contributed by atoms with Crippen LogP contribution in [0.15, 0.2) is 48.5 Å². The molecule has 3 aromatic rings. The Morgan fingerprint density at radius 1 is 1.21 bits per heavy atom. The van der Waals surface area contributed by atoms with Crippen LogP contribution in [-0.4, -0.2) is 16.9 Å². The molecule has 0 bridgehead atoms. The van der Waals surface area contributed by atoms with Gasteiger partial charge < -0.3 is 11.1 Å². The quantitative estimate of drug-likeness (QED) is 0.714. The van der Waals surface area contributed by atoms with Crippen LogP contribution >= 0.6 is 11.3 Å². The van der Waals surface area contributed by atoms with Gasteiger partial charge in [-0.1, -0.05) is 37.6 Å². The molecule has 24 heavy (non-hydrogen) atoms. The second-order valence-corrected chi connectivity index (χ2v) is 6.95. The fraction of sp³-hybridized carbons (Fsp3) is 0.263. The minimum absolute atomic E-state index is 0.129. The Kier molecular flexibility index (Phi) is 5.23. The Labute approximate surface area is 145 Å². The Bertz CT molecular complexity index is 793. The van der Waals surface area contributed by atoms with Crippen molar-refractivity contribution in [3.05, 3.63) is 59.1 Å². The van der Waals surface area contributed by atoms with E-state index in [9.17, 15) is 4.79 Å². The topological polar surface area (TPSA) is 68.0 Å². The number of aromatic nitrogens is 1. The second-order valence-electron chi connectivity index (χ2n) is 5.83. The van der Waals surface area contributed by atoms with Crippen LogP contribution in [0.3, 0.4) is 0 Å². The van der Waals surface area contributed by atoms with Crippen LogP contribution < -0.4 is 11.1 Å². The van der Waals surface area contributed by atoms with E-state index in [2.05, 4.69) is 16.4 Å². The van der Waals surface area contributed by atoms with Gasteiger partial charge in [0.15, 0.2) is 0 Å². The summed E-state index contributed by atoms with van der Waals surface area (Å²) in [6.45, 7) is 2.02. The first-order valence-corrected chi connectivity index (χ1v) is 8.97. The monoisotopic (exact) mass is 339 g/mol. The molecular weight excluding hydrogens is 318 g/mol. The molecule has 3 N–H and O–H groups in total. The van der Waals surface area contributed by atoms with Gasteiger partial charge in [0.25, 0.3) is 0 Å². The number of benzene rings is 2. The van der Waals surface area contributed by atoms with Gasteiger partial charge in [-0.3, -0.25) is 4.79 Å². The maximum absolute atomic E-state index is 11.9. The van der Waals surface area contributed by atoms with Crippen molar-refractivity contribution in [2.75, 3.05) is 5.32 Å². The molecular formula is C19H21N3OS. The maximum atomic E-state index is 11.9. The lowest BCUT2D eigenvalue weighted by Gasteiger charge is -2.11. The van der Waals surface area contributed by atoms with Crippen molar-refractivity contribution in [3.63, 3.8) is 0 Å². The number of nitrogens with zero attached hydrogens (tertiary/aromatic N) is 1. The number of amides is 1. The van der Waals surface area contributed by atoms with E-state index in [1.54, 1.807) is 11.3 Å². The van der Waals surface area contributed by atoms with E-state index >= 15 is 0 Å². The Morgan fingerprint density at radius 3 is 2.67 bits per heavy atom. The number of nitrogens with one attached hydrogen (secondary N) is 1. The SMILES string of the molecule is CCCC(N)C(=O)Nc1ccc(Cc2nc3ccccc3s2)cc1. The van der Waals surface area contributed by atoms with Crippen LogP contribution in [0.4, 0.5) is 5.69 Å². The van der Waals surface area contributed by atoms with Gasteiger partial charge in [-0.25, -0.2) is 4.98 Å². The number of fused-ring (bicyclic) bond motifs is 1. The smallest absolute Gasteiger partial charge is 0.241 e. The first-order chi connectivity index (χ1) is 11.7. The van der Waals surface area contributed by atoms with Crippen molar-refractivity contribution in [1.29, 1.82) is 0 Å². The lowest BCUT2D eigenvalue weighted by molar-refractivity contribution is -0.117. The van der Waals surface area contributed by atoms with Crippen LogP contribution in [0, 0.1) is 0 Å². The summed E-state index contributed by atoms with van der Waals surface area (Å²) < 4.78 is 1.21. The van der Waals surface area contributed by atoms with E-state index in [0.717, 1.165) is 29.1 Å². The van der Waals surface area contributed by atoms with Gasteiger partial charge in [-0.2, -0.15) is 0 Å². The number of hydrogen-bond acceptors (Lipinski definition) is 4. The molecule has 0 aliphatic rings. The Balaban J connectivity index is 1.65. The third-order valence-electron chi connectivity index (χ3n) is 3.85. The van der Waals surface area contributed by atoms with E-state index in [4.69, 9.17) is 5.73 Å². The highest BCUT2D eigenvalue weighted by Gasteiger charge is 2.12. The number of carbonyl (C=O) groups is 1. The number of hydrogen-bond donors (Lipinski definition) is 2. The summed E-state index contributed by atoms with van der Waals surface area (Å²) in [6.07, 6.45) is 2.39. The number of carbonyl (C=O) groups excluding carboxylic acids is 1. The predicted molar refractivity (Wildman–Crippen MR) is 100 cm³/mol. The molecule has 1 unspecified atom stereocenters. The van der Waals surface area contributed by atoms with E-state index in [1.807, 2.05) is 49.4 Å². The molecule has 0 radical (unpaired) electrons. The molecule has 3 rings (SSSR count). The van der Waals surface area contributed by atoms with Gasteiger partial charge in [0.2, 0.25) is 5.91 Å². The zero-order valence-electron chi connectivity index (χ0n) is 13.7. The van der Waals surface area contributed by atoms with Crippen molar-refractivity contribution in [1.82, 2.24) is 4.98 Å². The predicted octanol–water partition coefficient (Wildman–Crippen LogP) is 3.95. The normalized spacial score (nSPS) is 12.2. The number of para-hydroxylation sites is 1. The zero-order valence-corrected chi connectivity index (χ0v) is 14.5. The summed E-state index contributed by atoms with van der Waals surface area (Å²) in [5.74, 6) is -0.129. The molecule has 0 aliphatic heterocycles. The van der Waals surface area contributed by atoms with Crippen LogP contribution in [0.1, 0.15) is 30.3 Å². The van der Waals surface area contributed by atoms with E-state index in [0.29, 0.717) is 6.42 Å². The lowest BCUT2D eigenvalue weighted by Crippen LogP contribution is -2.35. The van der Waals surface area contributed by atoms with Gasteiger partial charge in [-0.15, -0.1) is 11.3 Å². The van der Waals surface area contributed by atoms with Gasteiger partial charge >= 0.3 is 0 Å². The number of nitrogens with two attached hydrogens (primary N) is 1. The fourth-order valence-electron chi connectivity index (χ4n) is 2.55. The van der Waals surface area contributed by atoms with Crippen molar-refractivity contribution < 1.29 is 4.79 Å². The lowest BCUT2D eigenvalue weighted by atomic mass is 10.1. The molecule has 5 heteroatoms. The highest BCUT2D eigenvalue weighted by molar-refractivity contribution is 7.18. The summed E-state index contributed by atoms with van der Waals surface area (Å²) in [5.41, 5.74) is 8.82. The van der Waals surface area contributed by atoms with Crippen LogP contribution in [0.2, 0.25) is 0 Å². The highest BCUT2D eigenvalue weighted by Crippen LogP contribution is 2.24. The van der Waals surface area contributed by atoms with Crippen molar-refractivity contribution in [3.8, 4) is 0 Å². The molecule has 1 aromatic heterocycles. The van der Waals surface area contributed by atoms with Crippen molar-refractivity contribution in [2.45, 2.75) is 32.2 Å². The fourth-order valence-corrected chi connectivity index (χ4v) is 3.55. The first-order valence-electron chi connectivity index (χ1n) is 8.15. The largest absolute Gasteiger partial charge is 0.325 e. The molecule has 0 fully saturated rings. The molecule has 4 nitrogen and oxygen atoms in total. The average molecular weight is 339 g/mol. The third kappa shape index (κ3) is 3.99. The van der Waals surface area contributed by atoms with Gasteiger partial charge in [-0.05, 0) is 36.2 Å². The van der Waals surface area contributed by atoms with Crippen LogP contribution in [-0.2, 0) is 11.2 Å². The standard InChI is InChI=1S/C19H21N3OS/c1-2-5-15(20)19(23)21-14-10-8-13(9-11-14)12-18-22-16-6-3-4-7-17(16)24-18/h3-4,6-11,15H,2,5,12,20H2,1H3,(H,21,23). The summed E-state index contributed by atoms with van der Waals surface area (Å²) in [6, 6.07) is 15.6. The van der Waals surface area contributed by atoms with E-state index < -0.39 is 6.04 Å². The Hall–Kier alpha value is -2.24. The second kappa shape index (κ2) is 7.55. The van der Waals surface area contributed by atoms with Crippen molar-refractivity contribution in [2.24, 2.45) is 5.73 Å². The van der Waals surface area contributed by atoms with Crippen LogP contribution in [0.5, 0.6) is 0 Å². The van der Waals surface area contributed by atoms with Crippen LogP contribution in [0.25, 0.3) is 10.2 Å². The van der Waals surface area contributed by atoms with Gasteiger partial charge in [0, 0.05) is 12.1 Å². The molecule has 0 aliphatic carbocycles. The molecule has 2 aromatic carbocycles. The molecule has 1 heterocycles. The summed E-state index contributed by atoms with van der Waals surface area (Å²) >= 11 is 1.72. The zero-order chi connectivity index (χ0) is 16.9. The molecule has 1 atom stereocenters. The average Bonchev–Trinajstić information content (AvgIpc) is 2.99. The molecule has 1 amide bonds. The summed E-state index contributed by atoms with van der Waals surface area (Å²) in [7, 11) is 0. The molecule has 124 valence electrons. The maximum Gasteiger partial charge on any atom is 0.241 e. The van der Waals surface area contributed by atoms with E-state index in [-0.39, 0.29) is 5.91 Å². The number of rotatable bonds is 6. The first kappa shape index (κ1) is 16.6. The molecule has 0 saturated heterocycles. The molecule has 0 spiro atoms. The number of anilines is 1. The Morgan fingerprint density at radius 2 is 1.96 bits per heavy atom. The highest BCUT2D eigenvalue weighted by atomic mass is 32.1. The minimum Gasteiger partial charge on any atom is -0.325 e. The number of thiazole rings is 1. The van der Waals surface area contributed by atoms with Crippen molar-refractivity contribution >= 4 is 33.1 Å².